The van der Waals surface area contributed by atoms with Gasteiger partial charge in [0.25, 0.3) is 0 Å². The second kappa shape index (κ2) is 8.89. The smallest absolute Gasteiger partial charge is 0.0589 e. The Hall–Kier alpha value is -0.120. The van der Waals surface area contributed by atoms with Crippen molar-refractivity contribution in [1.82, 2.24) is 10.2 Å². The summed E-state index contributed by atoms with van der Waals surface area (Å²) in [7, 11) is 3.89. The minimum absolute atomic E-state index is 0.495. The average molecular weight is 256 g/mol. The van der Waals surface area contributed by atoms with E-state index in [9.17, 15) is 0 Å². The van der Waals surface area contributed by atoms with Gasteiger partial charge in [-0.05, 0) is 31.8 Å². The molecule has 18 heavy (non-hydrogen) atoms. The number of nitrogens with zero attached hydrogens (tertiary/aromatic N) is 1. The van der Waals surface area contributed by atoms with E-state index in [1.165, 1.54) is 45.1 Å². The van der Waals surface area contributed by atoms with Crippen LogP contribution in [0.1, 0.15) is 45.4 Å². The summed E-state index contributed by atoms with van der Waals surface area (Å²) in [5.41, 5.74) is 0.495. The zero-order valence-corrected chi connectivity index (χ0v) is 12.6. The number of rotatable bonds is 8. The fourth-order valence-electron chi connectivity index (χ4n) is 3.29. The van der Waals surface area contributed by atoms with Crippen LogP contribution in [0.2, 0.25) is 0 Å². The minimum Gasteiger partial charge on any atom is -0.383 e. The number of nitrogens with one attached hydrogen (secondary N) is 1. The van der Waals surface area contributed by atoms with Crippen molar-refractivity contribution in [2.45, 2.75) is 45.4 Å². The summed E-state index contributed by atoms with van der Waals surface area (Å²) in [6.45, 7) is 7.71. The van der Waals surface area contributed by atoms with Crippen molar-refractivity contribution in [2.75, 3.05) is 46.9 Å². The quantitative estimate of drug-likeness (QED) is 0.675. The van der Waals surface area contributed by atoms with Crippen molar-refractivity contribution in [3.8, 4) is 0 Å². The molecular weight excluding hydrogens is 224 g/mol. The van der Waals surface area contributed by atoms with E-state index in [0.717, 1.165) is 26.2 Å². The minimum atomic E-state index is 0.495. The molecule has 0 aromatic rings. The van der Waals surface area contributed by atoms with Crippen molar-refractivity contribution in [2.24, 2.45) is 5.41 Å². The molecule has 0 heterocycles. The number of hydrogen-bond donors (Lipinski definition) is 1. The molecule has 3 nitrogen and oxygen atoms in total. The van der Waals surface area contributed by atoms with Crippen LogP contribution in [0.5, 0.6) is 0 Å². The van der Waals surface area contributed by atoms with E-state index in [1.54, 1.807) is 7.11 Å². The highest BCUT2D eigenvalue weighted by molar-refractivity contribution is 4.86. The first-order valence-corrected chi connectivity index (χ1v) is 7.62. The second-order valence-corrected chi connectivity index (χ2v) is 5.81. The molecule has 108 valence electrons. The third-order valence-electron chi connectivity index (χ3n) is 4.33. The van der Waals surface area contributed by atoms with Crippen LogP contribution in [0.25, 0.3) is 0 Å². The largest absolute Gasteiger partial charge is 0.383 e. The summed E-state index contributed by atoms with van der Waals surface area (Å²) in [5.74, 6) is 0. The lowest BCUT2D eigenvalue weighted by Gasteiger charge is -2.37. The lowest BCUT2D eigenvalue weighted by Crippen LogP contribution is -2.44. The fourth-order valence-corrected chi connectivity index (χ4v) is 3.29. The third-order valence-corrected chi connectivity index (χ3v) is 4.33. The van der Waals surface area contributed by atoms with Crippen LogP contribution >= 0.6 is 0 Å². The van der Waals surface area contributed by atoms with Gasteiger partial charge < -0.3 is 15.0 Å². The maximum absolute atomic E-state index is 5.22. The van der Waals surface area contributed by atoms with Crippen LogP contribution < -0.4 is 5.32 Å². The van der Waals surface area contributed by atoms with Gasteiger partial charge in [0.15, 0.2) is 0 Å². The topological polar surface area (TPSA) is 24.5 Å². The Labute approximate surface area is 113 Å². The van der Waals surface area contributed by atoms with Gasteiger partial charge in [0.05, 0.1) is 6.61 Å². The number of methoxy groups -OCH3 is 1. The van der Waals surface area contributed by atoms with Crippen molar-refractivity contribution < 1.29 is 4.74 Å². The summed E-state index contributed by atoms with van der Waals surface area (Å²) < 4.78 is 5.22. The first-order chi connectivity index (χ1) is 8.76. The zero-order chi connectivity index (χ0) is 13.3. The molecule has 0 aromatic heterocycles. The van der Waals surface area contributed by atoms with E-state index in [0.29, 0.717) is 5.41 Å². The molecule has 1 saturated carbocycles. The molecule has 1 aliphatic carbocycles. The van der Waals surface area contributed by atoms with Crippen LogP contribution in [-0.4, -0.2) is 51.8 Å². The second-order valence-electron chi connectivity index (χ2n) is 5.81. The molecule has 1 aliphatic rings. The Bertz CT molecular complexity index is 201. The van der Waals surface area contributed by atoms with Gasteiger partial charge in [0.2, 0.25) is 0 Å². The highest BCUT2D eigenvalue weighted by atomic mass is 16.5. The molecule has 0 spiro atoms. The molecule has 1 rings (SSSR count). The molecule has 0 amide bonds. The van der Waals surface area contributed by atoms with Crippen molar-refractivity contribution in [1.29, 1.82) is 0 Å². The predicted octanol–water partition coefficient (Wildman–Crippen LogP) is 2.51. The normalized spacial score (nSPS) is 20.0. The third kappa shape index (κ3) is 5.25. The Kier molecular flexibility index (Phi) is 7.87. The van der Waals surface area contributed by atoms with Crippen molar-refractivity contribution >= 4 is 0 Å². The highest BCUT2D eigenvalue weighted by Gasteiger charge is 2.31. The Morgan fingerprint density at radius 1 is 1.17 bits per heavy atom. The first kappa shape index (κ1) is 15.9. The lowest BCUT2D eigenvalue weighted by atomic mass is 9.79. The van der Waals surface area contributed by atoms with E-state index in [4.69, 9.17) is 4.74 Å². The van der Waals surface area contributed by atoms with Gasteiger partial charge in [0.1, 0.15) is 0 Å². The number of likely N-dealkylation sites (N-methyl/N-ethyl adjacent to an activating group) is 1. The molecule has 0 aliphatic heterocycles. The molecule has 0 unspecified atom stereocenters. The van der Waals surface area contributed by atoms with Crippen LogP contribution in [0.15, 0.2) is 0 Å². The fraction of sp³-hybridized carbons (Fsp3) is 1.00. The maximum Gasteiger partial charge on any atom is 0.0589 e. The SMILES string of the molecule is CCN(CCOC)CC1(CNC)CCCCCC1. The van der Waals surface area contributed by atoms with Gasteiger partial charge in [0, 0.05) is 26.7 Å². The molecule has 1 fully saturated rings. The lowest BCUT2D eigenvalue weighted by molar-refractivity contribution is 0.0984. The van der Waals surface area contributed by atoms with Gasteiger partial charge in [-0.2, -0.15) is 0 Å². The molecule has 0 saturated heterocycles. The van der Waals surface area contributed by atoms with Crippen molar-refractivity contribution in [3.63, 3.8) is 0 Å². The average Bonchev–Trinajstić information content (AvgIpc) is 2.61. The molecule has 0 atom stereocenters. The zero-order valence-electron chi connectivity index (χ0n) is 12.6. The Morgan fingerprint density at radius 3 is 2.33 bits per heavy atom. The van der Waals surface area contributed by atoms with E-state index in [2.05, 4.69) is 24.2 Å². The predicted molar refractivity (Wildman–Crippen MR) is 78.1 cm³/mol. The van der Waals surface area contributed by atoms with Crippen LogP contribution in [0.3, 0.4) is 0 Å². The van der Waals surface area contributed by atoms with Gasteiger partial charge in [-0.25, -0.2) is 0 Å². The first-order valence-electron chi connectivity index (χ1n) is 7.62. The van der Waals surface area contributed by atoms with Crippen LogP contribution in [0, 0.1) is 5.41 Å². The summed E-state index contributed by atoms with van der Waals surface area (Å²) >= 11 is 0. The number of ether oxygens (including phenoxy) is 1. The van der Waals surface area contributed by atoms with Crippen molar-refractivity contribution in [3.05, 3.63) is 0 Å². The maximum atomic E-state index is 5.22. The van der Waals surface area contributed by atoms with Gasteiger partial charge >= 0.3 is 0 Å². The molecule has 1 N–H and O–H groups in total. The monoisotopic (exact) mass is 256 g/mol. The number of hydrogen-bond acceptors (Lipinski definition) is 3. The van der Waals surface area contributed by atoms with Gasteiger partial charge in [-0.3, -0.25) is 0 Å². The molecular formula is C15H32N2O. The van der Waals surface area contributed by atoms with Crippen LogP contribution in [-0.2, 0) is 4.74 Å². The van der Waals surface area contributed by atoms with E-state index in [1.807, 2.05) is 0 Å². The Morgan fingerprint density at radius 2 is 1.83 bits per heavy atom. The molecule has 0 bridgehead atoms. The summed E-state index contributed by atoms with van der Waals surface area (Å²) in [6.07, 6.45) is 8.44. The highest BCUT2D eigenvalue weighted by Crippen LogP contribution is 2.35. The summed E-state index contributed by atoms with van der Waals surface area (Å²) in [4.78, 5) is 2.56. The molecule has 3 heteroatoms. The Balaban J connectivity index is 2.57. The standard InChI is InChI=1S/C15H32N2O/c1-4-17(11-12-18-3)14-15(13-16-2)9-7-5-6-8-10-15/h16H,4-14H2,1-3H3. The van der Waals surface area contributed by atoms with E-state index >= 15 is 0 Å². The van der Waals surface area contributed by atoms with E-state index in [-0.39, 0.29) is 0 Å². The van der Waals surface area contributed by atoms with Crippen LogP contribution in [0.4, 0.5) is 0 Å². The van der Waals surface area contributed by atoms with Gasteiger partial charge in [-0.1, -0.05) is 32.6 Å². The molecule has 0 radical (unpaired) electrons. The summed E-state index contributed by atoms with van der Waals surface area (Å²) in [5, 5.41) is 3.43. The van der Waals surface area contributed by atoms with E-state index < -0.39 is 0 Å². The molecule has 0 aromatic carbocycles. The van der Waals surface area contributed by atoms with Gasteiger partial charge in [-0.15, -0.1) is 0 Å². The summed E-state index contributed by atoms with van der Waals surface area (Å²) in [6, 6.07) is 0.